The van der Waals surface area contributed by atoms with Crippen LogP contribution in [-0.2, 0) is 0 Å². The van der Waals surface area contributed by atoms with Gasteiger partial charge in [-0.05, 0) is 70.0 Å². The van der Waals surface area contributed by atoms with E-state index in [0.29, 0.717) is 22.3 Å². The first-order chi connectivity index (χ1) is 30.5. The molecule has 3 heterocycles. The quantitative estimate of drug-likeness (QED) is 0.179. The summed E-state index contributed by atoms with van der Waals surface area (Å²) in [5.41, 5.74) is 5.84. The summed E-state index contributed by atoms with van der Waals surface area (Å²) in [6, 6.07) is 34.8. The Bertz CT molecular complexity index is 3720. The average molecular weight is 701 g/mol. The summed E-state index contributed by atoms with van der Waals surface area (Å²) in [7, 11) is 0. The van der Waals surface area contributed by atoms with Crippen LogP contribution in [-0.4, -0.2) is 15.0 Å². The molecule has 0 aliphatic rings. The summed E-state index contributed by atoms with van der Waals surface area (Å²) < 4.78 is 92.6. The fourth-order valence-electron chi connectivity index (χ4n) is 7.03. The van der Waals surface area contributed by atoms with Crippen molar-refractivity contribution in [1.29, 1.82) is 0 Å². The Balaban J connectivity index is 1.20. The lowest BCUT2D eigenvalue weighted by Crippen LogP contribution is -2.00. The van der Waals surface area contributed by atoms with Gasteiger partial charge in [0.1, 0.15) is 22.3 Å². The topological polar surface area (TPSA) is 65.0 Å². The molecule has 0 N–H and O–H groups in total. The van der Waals surface area contributed by atoms with E-state index in [1.165, 1.54) is 0 Å². The first-order valence-corrected chi connectivity index (χ1v) is 17.3. The third kappa shape index (κ3) is 4.98. The number of benzene rings is 8. The van der Waals surface area contributed by atoms with Gasteiger partial charge in [-0.25, -0.2) is 15.0 Å². The van der Waals surface area contributed by atoms with Gasteiger partial charge < -0.3 is 8.83 Å². The second-order valence-corrected chi connectivity index (χ2v) is 12.9. The average Bonchev–Trinajstić information content (AvgIpc) is 3.91. The molecule has 0 aliphatic carbocycles. The lowest BCUT2D eigenvalue weighted by atomic mass is 10.0. The molecule has 0 saturated carbocycles. The van der Waals surface area contributed by atoms with Crippen LogP contribution >= 0.6 is 0 Å². The van der Waals surface area contributed by atoms with Crippen molar-refractivity contribution in [1.82, 2.24) is 15.0 Å². The van der Waals surface area contributed by atoms with E-state index in [1.807, 2.05) is 115 Å². The molecular weight excluding hydrogens is 663 g/mol. The van der Waals surface area contributed by atoms with Crippen LogP contribution in [0.5, 0.6) is 0 Å². The van der Waals surface area contributed by atoms with Gasteiger partial charge in [-0.1, -0.05) is 133 Å². The van der Waals surface area contributed by atoms with Crippen LogP contribution < -0.4 is 0 Å². The van der Waals surface area contributed by atoms with Crippen LogP contribution in [0.15, 0.2) is 185 Å². The molecular formula is C49H29N3O2. The first-order valence-electron chi connectivity index (χ1n) is 21.8. The maximum Gasteiger partial charge on any atom is 0.164 e. The first kappa shape index (κ1) is 22.5. The Hall–Kier alpha value is -7.37. The van der Waals surface area contributed by atoms with E-state index in [1.54, 1.807) is 0 Å². The van der Waals surface area contributed by atoms with E-state index in [2.05, 4.69) is 6.07 Å². The van der Waals surface area contributed by atoms with Crippen LogP contribution in [0.2, 0.25) is 0 Å². The van der Waals surface area contributed by atoms with E-state index >= 15 is 0 Å². The predicted molar refractivity (Wildman–Crippen MR) is 219 cm³/mol. The number of hydrogen-bond donors (Lipinski definition) is 0. The van der Waals surface area contributed by atoms with Crippen molar-refractivity contribution < 1.29 is 21.2 Å². The summed E-state index contributed by atoms with van der Waals surface area (Å²) in [4.78, 5) is 14.8. The number of aromatic nitrogens is 3. The van der Waals surface area contributed by atoms with E-state index in [-0.39, 0.29) is 61.8 Å². The number of nitrogens with zero attached hydrogens (tertiary/aromatic N) is 3. The highest BCUT2D eigenvalue weighted by molar-refractivity contribution is 6.16. The summed E-state index contributed by atoms with van der Waals surface area (Å²) in [5, 5.41) is 1.01. The Morgan fingerprint density at radius 1 is 0.407 bits per heavy atom. The number of hydrogen-bond acceptors (Lipinski definition) is 5. The van der Waals surface area contributed by atoms with Gasteiger partial charge in [0.2, 0.25) is 0 Å². The maximum atomic E-state index is 9.68. The molecule has 3 aromatic heterocycles. The molecule has 0 bridgehead atoms. The molecule has 0 radical (unpaired) electrons. The van der Waals surface area contributed by atoms with Crippen LogP contribution in [0.25, 0.3) is 111 Å². The third-order valence-electron chi connectivity index (χ3n) is 9.64. The van der Waals surface area contributed by atoms with Crippen LogP contribution in [0.3, 0.4) is 0 Å². The Morgan fingerprint density at radius 3 is 1.91 bits per heavy atom. The minimum atomic E-state index is -0.569. The van der Waals surface area contributed by atoms with Crippen molar-refractivity contribution in [3.63, 3.8) is 0 Å². The fourth-order valence-corrected chi connectivity index (χ4v) is 7.03. The normalized spacial score (nSPS) is 14.0. The largest absolute Gasteiger partial charge is 0.456 e. The Morgan fingerprint density at radius 2 is 1.09 bits per heavy atom. The van der Waals surface area contributed by atoms with E-state index in [0.717, 1.165) is 33.0 Å². The number of rotatable bonds is 5. The highest BCUT2D eigenvalue weighted by atomic mass is 16.3. The fraction of sp³-hybridized carbons (Fsp3) is 0. The molecule has 54 heavy (non-hydrogen) atoms. The molecule has 11 rings (SSSR count). The zero-order chi connectivity index (χ0) is 43.4. The van der Waals surface area contributed by atoms with Crippen molar-refractivity contribution in [2.45, 2.75) is 0 Å². The van der Waals surface area contributed by atoms with Crippen LogP contribution in [0.1, 0.15) is 12.3 Å². The van der Waals surface area contributed by atoms with Gasteiger partial charge >= 0.3 is 0 Å². The molecule has 5 heteroatoms. The summed E-state index contributed by atoms with van der Waals surface area (Å²) in [6.07, 6.45) is 0. The summed E-state index contributed by atoms with van der Waals surface area (Å²) in [5.74, 6) is 0.333. The van der Waals surface area contributed by atoms with E-state index in [9.17, 15) is 4.11 Å². The van der Waals surface area contributed by atoms with Crippen molar-refractivity contribution in [2.75, 3.05) is 0 Å². The second-order valence-electron chi connectivity index (χ2n) is 12.9. The molecule has 5 nitrogen and oxygen atoms in total. The van der Waals surface area contributed by atoms with Gasteiger partial charge in [0.25, 0.3) is 0 Å². The molecule has 0 fully saturated rings. The number of furan rings is 2. The molecule has 252 valence electrons. The zero-order valence-corrected chi connectivity index (χ0v) is 28.2. The SMILES string of the molecule is [2H]c1c(-c2nc(-c3ccc(-c4ccccc4)cc3)nc(-c3cccc4oc5ccc(-c6ccccc6)cc5c34)n2)c([2H])c2c(oc3c4c([2H])c([2H])c([2H])c([2H])c4c([2H])c([2H])c32)c1[2H]. The van der Waals surface area contributed by atoms with Gasteiger partial charge in [0.05, 0.1) is 12.3 Å². The maximum absolute atomic E-state index is 9.68. The summed E-state index contributed by atoms with van der Waals surface area (Å²) >= 11 is 0. The van der Waals surface area contributed by atoms with Crippen molar-refractivity contribution in [2.24, 2.45) is 0 Å². The molecule has 11 aromatic rings. The van der Waals surface area contributed by atoms with Gasteiger partial charge in [0.15, 0.2) is 17.5 Å². The minimum absolute atomic E-state index is 0.0825. The van der Waals surface area contributed by atoms with Crippen molar-refractivity contribution >= 4 is 54.6 Å². The molecule has 8 aromatic carbocycles. The highest BCUT2D eigenvalue weighted by Crippen LogP contribution is 2.40. The van der Waals surface area contributed by atoms with Gasteiger partial charge in [-0.2, -0.15) is 0 Å². The van der Waals surface area contributed by atoms with Crippen molar-refractivity contribution in [3.8, 4) is 56.4 Å². The molecule has 0 atom stereocenters. The van der Waals surface area contributed by atoms with Crippen molar-refractivity contribution in [3.05, 3.63) is 176 Å². The molecule has 0 amide bonds. The lowest BCUT2D eigenvalue weighted by molar-refractivity contribution is 0.669. The van der Waals surface area contributed by atoms with Gasteiger partial charge in [-0.3, -0.25) is 0 Å². The Kier molecular flexibility index (Phi) is 5.06. The third-order valence-corrected chi connectivity index (χ3v) is 9.64. The molecule has 0 saturated heterocycles. The smallest absolute Gasteiger partial charge is 0.164 e. The van der Waals surface area contributed by atoms with E-state index < -0.39 is 48.3 Å². The number of fused-ring (bicyclic) bond motifs is 8. The second kappa shape index (κ2) is 12.1. The van der Waals surface area contributed by atoms with Gasteiger partial charge in [-0.15, -0.1) is 0 Å². The van der Waals surface area contributed by atoms with Gasteiger partial charge in [0, 0.05) is 43.6 Å². The zero-order valence-electron chi connectivity index (χ0n) is 37.2. The summed E-state index contributed by atoms with van der Waals surface area (Å²) in [6.45, 7) is 0. The molecule has 0 spiro atoms. The Labute approximate surface area is 322 Å². The minimum Gasteiger partial charge on any atom is -0.456 e. The molecule has 0 aliphatic heterocycles. The standard InChI is InChI=1S/C49H29N3O2/c1-3-10-30(11-4-1)32-18-20-34(21-19-32)47-50-48(36-24-27-42-40(29-36)38-25-22-33-14-7-8-15-37(33)46(38)54-42)52-49(51-47)39-16-9-17-44-45(39)41-28-35(23-26-43(41)53-44)31-12-5-2-6-13-31/h1-29H/i7D,8D,14D,15D,22D,24D,25D,27D,29D. The van der Waals surface area contributed by atoms with Crippen LogP contribution in [0.4, 0.5) is 0 Å². The van der Waals surface area contributed by atoms with E-state index in [4.69, 9.17) is 32.0 Å². The van der Waals surface area contributed by atoms with Crippen LogP contribution in [0, 0.1) is 0 Å². The highest BCUT2D eigenvalue weighted by Gasteiger charge is 2.19. The lowest BCUT2D eigenvalue weighted by Gasteiger charge is -2.10. The predicted octanol–water partition coefficient (Wildman–Crippen LogP) is 13.2. The molecule has 0 unspecified atom stereocenters. The monoisotopic (exact) mass is 700 g/mol.